The molecule has 5 nitrogen and oxygen atoms in total. The number of aryl methyl sites for hydroxylation is 1. The van der Waals surface area contributed by atoms with Gasteiger partial charge < -0.3 is 5.32 Å². The molecule has 3 rings (SSSR count). The van der Waals surface area contributed by atoms with Crippen LogP contribution in [0.1, 0.15) is 17.5 Å². The highest BCUT2D eigenvalue weighted by Gasteiger charge is 2.27. The van der Waals surface area contributed by atoms with Crippen LogP contribution in [0, 0.1) is 6.92 Å². The quantitative estimate of drug-likeness (QED) is 0.923. The van der Waals surface area contributed by atoms with Gasteiger partial charge in [-0.2, -0.15) is 0 Å². The second kappa shape index (κ2) is 6.32. The first-order chi connectivity index (χ1) is 10.6. The Bertz CT molecular complexity index is 607. The number of nitrogens with zero attached hydrogens (tertiary/aromatic N) is 2. The largest absolute Gasteiger partial charge is 0.336 e. The number of benzene rings is 1. The van der Waals surface area contributed by atoms with E-state index in [-0.39, 0.29) is 11.9 Å². The standard InChI is InChI=1S/C17H21N3O2/c1-13-2-4-14(5-3-13)15-6-9-19(10-7-15)12-16(21)20-11-8-18-17(20)22/h2-6H,7-12H2,1H3,(H,18,22). The number of carbonyl (C=O) groups excluding carboxylic acids is 2. The Hall–Kier alpha value is -2.14. The summed E-state index contributed by atoms with van der Waals surface area (Å²) < 4.78 is 0. The predicted molar refractivity (Wildman–Crippen MR) is 85.3 cm³/mol. The summed E-state index contributed by atoms with van der Waals surface area (Å²) in [6, 6.07) is 8.28. The lowest BCUT2D eigenvalue weighted by atomic mass is 9.98. The average Bonchev–Trinajstić information content (AvgIpc) is 2.95. The third kappa shape index (κ3) is 3.20. The summed E-state index contributed by atoms with van der Waals surface area (Å²) >= 11 is 0. The molecule has 1 aromatic rings. The fourth-order valence-corrected chi connectivity index (χ4v) is 2.87. The van der Waals surface area contributed by atoms with Crippen LogP contribution in [-0.2, 0) is 4.79 Å². The average molecular weight is 299 g/mol. The zero-order chi connectivity index (χ0) is 15.5. The molecular formula is C17H21N3O2. The highest BCUT2D eigenvalue weighted by Crippen LogP contribution is 2.22. The van der Waals surface area contributed by atoms with Gasteiger partial charge in [0.25, 0.3) is 0 Å². The van der Waals surface area contributed by atoms with Gasteiger partial charge in [0.15, 0.2) is 0 Å². The minimum absolute atomic E-state index is 0.109. The van der Waals surface area contributed by atoms with E-state index >= 15 is 0 Å². The van der Waals surface area contributed by atoms with Crippen molar-refractivity contribution >= 4 is 17.5 Å². The predicted octanol–water partition coefficient (Wildman–Crippen LogP) is 1.64. The van der Waals surface area contributed by atoms with Gasteiger partial charge in [-0.1, -0.05) is 35.9 Å². The van der Waals surface area contributed by atoms with E-state index in [2.05, 4.69) is 47.5 Å². The molecule has 0 bridgehead atoms. The van der Waals surface area contributed by atoms with Gasteiger partial charge in [-0.05, 0) is 24.5 Å². The van der Waals surface area contributed by atoms with Crippen molar-refractivity contribution in [2.75, 3.05) is 32.7 Å². The molecule has 2 heterocycles. The van der Waals surface area contributed by atoms with E-state index in [1.807, 2.05) is 0 Å². The smallest absolute Gasteiger partial charge is 0.324 e. The van der Waals surface area contributed by atoms with Gasteiger partial charge >= 0.3 is 6.03 Å². The Morgan fingerprint density at radius 3 is 2.59 bits per heavy atom. The molecule has 116 valence electrons. The topological polar surface area (TPSA) is 52.7 Å². The molecule has 2 aliphatic heterocycles. The van der Waals surface area contributed by atoms with Gasteiger partial charge in [0, 0.05) is 26.2 Å². The van der Waals surface area contributed by atoms with Crippen LogP contribution in [0.25, 0.3) is 5.57 Å². The number of carbonyl (C=O) groups is 2. The van der Waals surface area contributed by atoms with Gasteiger partial charge in [-0.25, -0.2) is 4.79 Å². The normalized spacial score (nSPS) is 19.0. The first-order valence-electron chi connectivity index (χ1n) is 7.70. The summed E-state index contributed by atoms with van der Waals surface area (Å²) in [5.41, 5.74) is 3.86. The number of hydrogen-bond donors (Lipinski definition) is 1. The lowest BCUT2D eigenvalue weighted by molar-refractivity contribution is -0.128. The zero-order valence-corrected chi connectivity index (χ0v) is 12.8. The van der Waals surface area contributed by atoms with Crippen LogP contribution < -0.4 is 5.32 Å². The number of rotatable bonds is 3. The minimum atomic E-state index is -0.266. The van der Waals surface area contributed by atoms with Crippen molar-refractivity contribution in [3.05, 3.63) is 41.5 Å². The van der Waals surface area contributed by atoms with E-state index < -0.39 is 0 Å². The molecule has 2 aliphatic rings. The molecule has 3 amide bonds. The number of hydrogen-bond acceptors (Lipinski definition) is 3. The third-order valence-electron chi connectivity index (χ3n) is 4.23. The Balaban J connectivity index is 1.57. The van der Waals surface area contributed by atoms with Crippen LogP contribution in [-0.4, -0.2) is 54.5 Å². The molecule has 0 atom stereocenters. The maximum atomic E-state index is 12.1. The first-order valence-corrected chi connectivity index (χ1v) is 7.70. The lowest BCUT2D eigenvalue weighted by Crippen LogP contribution is -2.43. The van der Waals surface area contributed by atoms with E-state index in [4.69, 9.17) is 0 Å². The molecule has 5 heteroatoms. The first kappa shape index (κ1) is 14.8. The van der Waals surface area contributed by atoms with E-state index in [9.17, 15) is 9.59 Å². The van der Waals surface area contributed by atoms with Crippen LogP contribution in [0.4, 0.5) is 4.79 Å². The summed E-state index contributed by atoms with van der Waals surface area (Å²) in [4.78, 5) is 27.0. The van der Waals surface area contributed by atoms with E-state index in [1.54, 1.807) is 0 Å². The fourth-order valence-electron chi connectivity index (χ4n) is 2.87. The second-order valence-corrected chi connectivity index (χ2v) is 5.86. The molecule has 0 spiro atoms. The third-order valence-corrected chi connectivity index (χ3v) is 4.23. The number of imide groups is 1. The van der Waals surface area contributed by atoms with Crippen LogP contribution in [0.15, 0.2) is 30.3 Å². The van der Waals surface area contributed by atoms with E-state index in [1.165, 1.54) is 21.6 Å². The molecular weight excluding hydrogens is 278 g/mol. The molecule has 0 aliphatic carbocycles. The Kier molecular flexibility index (Phi) is 4.24. The van der Waals surface area contributed by atoms with E-state index in [0.29, 0.717) is 19.6 Å². The van der Waals surface area contributed by atoms with Gasteiger partial charge in [0.2, 0.25) is 5.91 Å². The van der Waals surface area contributed by atoms with Crippen molar-refractivity contribution in [2.45, 2.75) is 13.3 Å². The Morgan fingerprint density at radius 1 is 1.23 bits per heavy atom. The number of amides is 3. The molecule has 0 aromatic heterocycles. The van der Waals surface area contributed by atoms with E-state index in [0.717, 1.165) is 19.5 Å². The van der Waals surface area contributed by atoms with Crippen molar-refractivity contribution in [2.24, 2.45) is 0 Å². The van der Waals surface area contributed by atoms with Gasteiger partial charge in [0.05, 0.1) is 6.54 Å². The lowest BCUT2D eigenvalue weighted by Gasteiger charge is -2.27. The maximum absolute atomic E-state index is 12.1. The molecule has 1 saturated heterocycles. The van der Waals surface area contributed by atoms with Crippen molar-refractivity contribution < 1.29 is 9.59 Å². The van der Waals surface area contributed by atoms with Crippen molar-refractivity contribution in [1.29, 1.82) is 0 Å². The maximum Gasteiger partial charge on any atom is 0.324 e. The Morgan fingerprint density at radius 2 is 2.00 bits per heavy atom. The van der Waals surface area contributed by atoms with Gasteiger partial charge in [-0.15, -0.1) is 0 Å². The molecule has 1 fully saturated rings. The zero-order valence-electron chi connectivity index (χ0n) is 12.8. The monoisotopic (exact) mass is 299 g/mol. The molecule has 1 aromatic carbocycles. The number of urea groups is 1. The van der Waals surface area contributed by atoms with Crippen LogP contribution >= 0.6 is 0 Å². The van der Waals surface area contributed by atoms with Crippen LogP contribution in [0.5, 0.6) is 0 Å². The summed E-state index contributed by atoms with van der Waals surface area (Å²) in [5, 5.41) is 2.66. The van der Waals surface area contributed by atoms with Crippen LogP contribution in [0.3, 0.4) is 0 Å². The number of nitrogens with one attached hydrogen (secondary N) is 1. The highest BCUT2D eigenvalue weighted by molar-refractivity contribution is 5.96. The molecule has 0 unspecified atom stereocenters. The SMILES string of the molecule is Cc1ccc(C2=CCN(CC(=O)N3CCNC3=O)CC2)cc1. The van der Waals surface area contributed by atoms with Gasteiger partial charge in [0.1, 0.15) is 0 Å². The summed E-state index contributed by atoms with van der Waals surface area (Å²) in [7, 11) is 0. The highest BCUT2D eigenvalue weighted by atomic mass is 16.2. The molecule has 0 radical (unpaired) electrons. The van der Waals surface area contributed by atoms with Crippen molar-refractivity contribution in [1.82, 2.24) is 15.1 Å². The Labute approximate surface area is 130 Å². The summed E-state index contributed by atoms with van der Waals surface area (Å²) in [5.74, 6) is -0.109. The second-order valence-electron chi connectivity index (χ2n) is 5.86. The van der Waals surface area contributed by atoms with Crippen molar-refractivity contribution in [3.63, 3.8) is 0 Å². The van der Waals surface area contributed by atoms with Crippen molar-refractivity contribution in [3.8, 4) is 0 Å². The molecule has 1 N–H and O–H groups in total. The molecule has 22 heavy (non-hydrogen) atoms. The van der Waals surface area contributed by atoms with Crippen LogP contribution in [0.2, 0.25) is 0 Å². The fraction of sp³-hybridized carbons (Fsp3) is 0.412. The molecule has 0 saturated carbocycles. The summed E-state index contributed by atoms with van der Waals surface area (Å²) in [6.07, 6.45) is 3.12. The summed E-state index contributed by atoms with van der Waals surface area (Å²) in [6.45, 7) is 5.04. The van der Waals surface area contributed by atoms with Gasteiger partial charge in [-0.3, -0.25) is 14.6 Å². The minimum Gasteiger partial charge on any atom is -0.336 e.